The minimum Gasteiger partial charge on any atom is -0.495 e. The van der Waals surface area contributed by atoms with Crippen molar-refractivity contribution in [3.8, 4) is 5.75 Å². The number of ether oxygens (including phenoxy) is 1. The molecule has 1 N–H and O–H groups in total. The molecule has 1 heterocycles. The van der Waals surface area contributed by atoms with Crippen LogP contribution in [0.3, 0.4) is 0 Å². The Morgan fingerprint density at radius 1 is 0.879 bits per heavy atom. The standard InChI is InChI=1S/C25H19F3N2O3/c1-15-8-13-20(33-2)19(14-15)29-22-21(16-6-4-3-5-7-16)23(31)30(24(22)32)18-11-9-17(10-12-18)25(26,27)28/h3-14,29H,1-2H3. The molecule has 8 heteroatoms. The third-order valence-corrected chi connectivity index (χ3v) is 5.21. The van der Waals surface area contributed by atoms with E-state index in [2.05, 4.69) is 5.32 Å². The van der Waals surface area contributed by atoms with Crippen LogP contribution in [-0.4, -0.2) is 18.9 Å². The zero-order valence-electron chi connectivity index (χ0n) is 17.7. The number of halogens is 3. The van der Waals surface area contributed by atoms with Crippen LogP contribution in [0.15, 0.2) is 78.5 Å². The van der Waals surface area contributed by atoms with Crippen molar-refractivity contribution in [3.05, 3.63) is 95.2 Å². The molecule has 0 radical (unpaired) electrons. The highest BCUT2D eigenvalue weighted by molar-refractivity contribution is 6.46. The molecule has 0 saturated carbocycles. The van der Waals surface area contributed by atoms with Crippen LogP contribution in [-0.2, 0) is 15.8 Å². The third-order valence-electron chi connectivity index (χ3n) is 5.21. The fourth-order valence-corrected chi connectivity index (χ4v) is 3.61. The number of aryl methyl sites for hydroxylation is 1. The van der Waals surface area contributed by atoms with E-state index in [1.807, 2.05) is 13.0 Å². The zero-order chi connectivity index (χ0) is 23.8. The average molecular weight is 452 g/mol. The first-order valence-corrected chi connectivity index (χ1v) is 9.98. The predicted octanol–water partition coefficient (Wildman–Crippen LogP) is 5.42. The number of carbonyl (C=O) groups is 2. The summed E-state index contributed by atoms with van der Waals surface area (Å²) in [6.07, 6.45) is -4.53. The van der Waals surface area contributed by atoms with Gasteiger partial charge in [0.15, 0.2) is 0 Å². The summed E-state index contributed by atoms with van der Waals surface area (Å²) >= 11 is 0. The molecule has 5 nitrogen and oxygen atoms in total. The van der Waals surface area contributed by atoms with Crippen molar-refractivity contribution in [1.29, 1.82) is 0 Å². The maximum absolute atomic E-state index is 13.4. The summed E-state index contributed by atoms with van der Waals surface area (Å²) in [6, 6.07) is 17.8. The third kappa shape index (κ3) is 4.19. The van der Waals surface area contributed by atoms with E-state index in [9.17, 15) is 22.8 Å². The lowest BCUT2D eigenvalue weighted by molar-refractivity contribution is -0.137. The van der Waals surface area contributed by atoms with E-state index in [4.69, 9.17) is 4.74 Å². The number of imide groups is 1. The Kier molecular flexibility index (Phi) is 5.68. The first-order valence-electron chi connectivity index (χ1n) is 9.98. The molecule has 3 aromatic carbocycles. The number of amides is 2. The summed E-state index contributed by atoms with van der Waals surface area (Å²) in [5.74, 6) is -0.851. The van der Waals surface area contributed by atoms with Gasteiger partial charge in [0, 0.05) is 0 Å². The lowest BCUT2D eigenvalue weighted by Crippen LogP contribution is -2.32. The van der Waals surface area contributed by atoms with E-state index in [1.165, 1.54) is 7.11 Å². The maximum Gasteiger partial charge on any atom is 0.416 e. The molecule has 0 unspecified atom stereocenters. The Hall–Kier alpha value is -4.07. The Balaban J connectivity index is 1.80. The van der Waals surface area contributed by atoms with Crippen LogP contribution in [0.5, 0.6) is 5.75 Å². The monoisotopic (exact) mass is 452 g/mol. The van der Waals surface area contributed by atoms with Crippen molar-refractivity contribution in [2.75, 3.05) is 17.3 Å². The smallest absolute Gasteiger partial charge is 0.416 e. The first kappa shape index (κ1) is 22.1. The van der Waals surface area contributed by atoms with Crippen LogP contribution in [0.4, 0.5) is 24.5 Å². The minimum atomic E-state index is -4.53. The number of nitrogens with one attached hydrogen (secondary N) is 1. The number of alkyl halides is 3. The number of methoxy groups -OCH3 is 1. The number of rotatable bonds is 5. The highest BCUT2D eigenvalue weighted by atomic mass is 19.4. The van der Waals surface area contributed by atoms with Crippen LogP contribution in [0.2, 0.25) is 0 Å². The van der Waals surface area contributed by atoms with Crippen molar-refractivity contribution in [2.45, 2.75) is 13.1 Å². The highest BCUT2D eigenvalue weighted by Gasteiger charge is 2.41. The second kappa shape index (κ2) is 8.46. The summed E-state index contributed by atoms with van der Waals surface area (Å²) in [5.41, 5.74) is 1.18. The van der Waals surface area contributed by atoms with Gasteiger partial charge in [-0.3, -0.25) is 9.59 Å². The lowest BCUT2D eigenvalue weighted by Gasteiger charge is -2.17. The number of benzene rings is 3. The van der Waals surface area contributed by atoms with Gasteiger partial charge >= 0.3 is 6.18 Å². The molecule has 1 aliphatic heterocycles. The van der Waals surface area contributed by atoms with Crippen LogP contribution in [0.25, 0.3) is 5.57 Å². The van der Waals surface area contributed by atoms with E-state index in [0.717, 1.165) is 34.7 Å². The Morgan fingerprint density at radius 2 is 1.55 bits per heavy atom. The Bertz CT molecular complexity index is 1250. The number of nitrogens with zero attached hydrogens (tertiary/aromatic N) is 1. The van der Waals surface area contributed by atoms with Gasteiger partial charge in [0.05, 0.1) is 29.6 Å². The van der Waals surface area contributed by atoms with Gasteiger partial charge in [-0.05, 0) is 54.4 Å². The average Bonchev–Trinajstić information content (AvgIpc) is 3.03. The van der Waals surface area contributed by atoms with Gasteiger partial charge in [0.1, 0.15) is 11.4 Å². The van der Waals surface area contributed by atoms with Gasteiger partial charge in [-0.25, -0.2) is 4.90 Å². The maximum atomic E-state index is 13.4. The van der Waals surface area contributed by atoms with Crippen molar-refractivity contribution in [1.82, 2.24) is 0 Å². The summed E-state index contributed by atoms with van der Waals surface area (Å²) in [5, 5.41) is 3.03. The van der Waals surface area contributed by atoms with Gasteiger partial charge < -0.3 is 10.1 Å². The molecule has 3 aromatic rings. The van der Waals surface area contributed by atoms with E-state index in [-0.39, 0.29) is 17.0 Å². The minimum absolute atomic E-state index is 0.00926. The van der Waals surface area contributed by atoms with Crippen LogP contribution in [0, 0.1) is 6.92 Å². The molecule has 2 amide bonds. The topological polar surface area (TPSA) is 58.6 Å². The molecule has 0 saturated heterocycles. The molecule has 0 fully saturated rings. The fourth-order valence-electron chi connectivity index (χ4n) is 3.61. The first-order chi connectivity index (χ1) is 15.7. The van der Waals surface area contributed by atoms with E-state index in [0.29, 0.717) is 17.0 Å². The second-order valence-electron chi connectivity index (χ2n) is 7.44. The van der Waals surface area contributed by atoms with Crippen LogP contribution < -0.4 is 15.0 Å². The SMILES string of the molecule is COc1ccc(C)cc1NC1=C(c2ccccc2)C(=O)N(c2ccc(C(F)(F)F)cc2)C1=O. The number of anilines is 2. The van der Waals surface area contributed by atoms with Crippen molar-refractivity contribution in [3.63, 3.8) is 0 Å². The van der Waals surface area contributed by atoms with Gasteiger partial charge in [-0.1, -0.05) is 36.4 Å². The molecule has 0 aliphatic carbocycles. The summed E-state index contributed by atoms with van der Waals surface area (Å²) in [4.78, 5) is 27.6. The van der Waals surface area contributed by atoms with E-state index < -0.39 is 23.6 Å². The molecular formula is C25H19F3N2O3. The number of carbonyl (C=O) groups excluding carboxylic acids is 2. The predicted molar refractivity (Wildman–Crippen MR) is 119 cm³/mol. The molecule has 1 aliphatic rings. The second-order valence-corrected chi connectivity index (χ2v) is 7.44. The molecular weight excluding hydrogens is 433 g/mol. The Labute approximate surface area is 188 Å². The molecule has 4 rings (SSSR count). The highest BCUT2D eigenvalue weighted by Crippen LogP contribution is 2.37. The molecule has 0 spiro atoms. The number of hydrogen-bond donors (Lipinski definition) is 1. The quantitative estimate of drug-likeness (QED) is 0.526. The molecule has 168 valence electrons. The van der Waals surface area contributed by atoms with Crippen LogP contribution in [0.1, 0.15) is 16.7 Å². The van der Waals surface area contributed by atoms with E-state index >= 15 is 0 Å². The van der Waals surface area contributed by atoms with Gasteiger partial charge in [-0.15, -0.1) is 0 Å². The molecule has 33 heavy (non-hydrogen) atoms. The van der Waals surface area contributed by atoms with Crippen molar-refractivity contribution >= 4 is 28.8 Å². The summed E-state index contributed by atoms with van der Waals surface area (Å²) in [7, 11) is 1.48. The summed E-state index contributed by atoms with van der Waals surface area (Å²) < 4.78 is 44.3. The van der Waals surface area contributed by atoms with Gasteiger partial charge in [0.2, 0.25) is 0 Å². The molecule has 0 bridgehead atoms. The van der Waals surface area contributed by atoms with E-state index in [1.54, 1.807) is 42.5 Å². The molecule has 0 atom stereocenters. The fraction of sp³-hybridized carbons (Fsp3) is 0.120. The summed E-state index contributed by atoms with van der Waals surface area (Å²) in [6.45, 7) is 1.87. The van der Waals surface area contributed by atoms with Gasteiger partial charge in [-0.2, -0.15) is 13.2 Å². The Morgan fingerprint density at radius 3 is 2.15 bits per heavy atom. The zero-order valence-corrected chi connectivity index (χ0v) is 17.7. The lowest BCUT2D eigenvalue weighted by atomic mass is 10.0. The van der Waals surface area contributed by atoms with Crippen LogP contribution >= 0.6 is 0 Å². The molecule has 0 aromatic heterocycles. The normalized spacial score (nSPS) is 14.2. The van der Waals surface area contributed by atoms with Crippen molar-refractivity contribution in [2.24, 2.45) is 0 Å². The van der Waals surface area contributed by atoms with Crippen molar-refractivity contribution < 1.29 is 27.5 Å². The largest absolute Gasteiger partial charge is 0.495 e. The van der Waals surface area contributed by atoms with Gasteiger partial charge in [0.25, 0.3) is 11.8 Å². The number of hydrogen-bond acceptors (Lipinski definition) is 4.